The molecule has 0 saturated carbocycles. The third kappa shape index (κ3) is 6.55. The number of nitrogens with two attached hydrogens (primary N) is 1. The molecule has 0 bridgehead atoms. The minimum atomic E-state index is -0.198. The molecule has 3 N–H and O–H groups in total. The third-order valence-corrected chi connectivity index (χ3v) is 3.73. The second-order valence-corrected chi connectivity index (χ2v) is 6.06. The zero-order chi connectivity index (χ0) is 17.5. The molecule has 2 aromatic carbocycles. The van der Waals surface area contributed by atoms with Crippen LogP contribution in [-0.2, 0) is 6.54 Å². The predicted octanol–water partition coefficient (Wildman–Crippen LogP) is 3.41. The molecule has 136 valence electrons. The van der Waals surface area contributed by atoms with Crippen molar-refractivity contribution in [3.8, 4) is 5.75 Å². The third-order valence-electron chi connectivity index (χ3n) is 3.44. The van der Waals surface area contributed by atoms with Gasteiger partial charge >= 0.3 is 0 Å². The van der Waals surface area contributed by atoms with E-state index in [2.05, 4.69) is 5.32 Å². The van der Waals surface area contributed by atoms with Crippen LogP contribution in [0.2, 0.25) is 5.02 Å². The Hall–Kier alpha value is -1.79. The SMILES string of the molecule is CN(C)CCOc1ccc(NC(=O)c2ccc(CN)cc2)cc1Cl.Cl. The van der Waals surface area contributed by atoms with E-state index in [4.69, 9.17) is 22.1 Å². The number of hydrogen-bond donors (Lipinski definition) is 2. The van der Waals surface area contributed by atoms with Crippen LogP contribution < -0.4 is 15.8 Å². The van der Waals surface area contributed by atoms with Crippen molar-refractivity contribution in [2.45, 2.75) is 6.54 Å². The maximum absolute atomic E-state index is 12.2. The number of amides is 1. The number of rotatable bonds is 7. The Balaban J connectivity index is 0.00000312. The van der Waals surface area contributed by atoms with Gasteiger partial charge in [0.1, 0.15) is 12.4 Å². The van der Waals surface area contributed by atoms with Crippen molar-refractivity contribution in [2.75, 3.05) is 32.6 Å². The van der Waals surface area contributed by atoms with E-state index in [-0.39, 0.29) is 18.3 Å². The maximum Gasteiger partial charge on any atom is 0.255 e. The molecular weight excluding hydrogens is 361 g/mol. The Bertz CT molecular complexity index is 691. The van der Waals surface area contributed by atoms with Crippen LogP contribution in [0.15, 0.2) is 42.5 Å². The van der Waals surface area contributed by atoms with Gasteiger partial charge in [-0.2, -0.15) is 0 Å². The van der Waals surface area contributed by atoms with Crippen molar-refractivity contribution in [2.24, 2.45) is 5.73 Å². The highest BCUT2D eigenvalue weighted by Crippen LogP contribution is 2.28. The Kier molecular flexibility index (Phi) is 8.72. The highest BCUT2D eigenvalue weighted by atomic mass is 35.5. The standard InChI is InChI=1S/C18H22ClN3O2.ClH/c1-22(2)9-10-24-17-8-7-15(11-16(17)19)21-18(23)14-5-3-13(12-20)4-6-14;/h3-8,11H,9-10,12,20H2,1-2H3,(H,21,23);1H. The summed E-state index contributed by atoms with van der Waals surface area (Å²) in [5.41, 5.74) is 7.72. The molecule has 0 heterocycles. The highest BCUT2D eigenvalue weighted by Gasteiger charge is 2.08. The van der Waals surface area contributed by atoms with Crippen molar-refractivity contribution in [3.63, 3.8) is 0 Å². The summed E-state index contributed by atoms with van der Waals surface area (Å²) >= 11 is 6.21. The fraction of sp³-hybridized carbons (Fsp3) is 0.278. The summed E-state index contributed by atoms with van der Waals surface area (Å²) in [7, 11) is 3.95. The first kappa shape index (κ1) is 21.3. The lowest BCUT2D eigenvalue weighted by atomic mass is 10.1. The summed E-state index contributed by atoms with van der Waals surface area (Å²) in [6.45, 7) is 1.80. The van der Waals surface area contributed by atoms with Crippen LogP contribution >= 0.6 is 24.0 Å². The summed E-state index contributed by atoms with van der Waals surface area (Å²) < 4.78 is 5.62. The first-order valence-corrected chi connectivity index (χ1v) is 8.05. The van der Waals surface area contributed by atoms with Crippen molar-refractivity contribution in [1.82, 2.24) is 4.90 Å². The first-order valence-electron chi connectivity index (χ1n) is 7.67. The average Bonchev–Trinajstić information content (AvgIpc) is 2.56. The van der Waals surface area contributed by atoms with E-state index < -0.39 is 0 Å². The van der Waals surface area contributed by atoms with E-state index in [1.807, 2.05) is 31.1 Å². The van der Waals surface area contributed by atoms with Gasteiger partial charge in [0, 0.05) is 24.3 Å². The molecule has 0 fully saturated rings. The molecule has 0 saturated heterocycles. The molecule has 25 heavy (non-hydrogen) atoms. The molecule has 0 unspecified atom stereocenters. The molecule has 0 spiro atoms. The molecule has 0 atom stereocenters. The van der Waals surface area contributed by atoms with Crippen molar-refractivity contribution >= 4 is 35.6 Å². The second kappa shape index (κ2) is 10.3. The van der Waals surface area contributed by atoms with Gasteiger partial charge in [0.15, 0.2) is 0 Å². The van der Waals surface area contributed by atoms with Crippen LogP contribution in [0.5, 0.6) is 5.75 Å². The molecule has 0 aliphatic heterocycles. The number of benzene rings is 2. The van der Waals surface area contributed by atoms with Gasteiger partial charge in [0.25, 0.3) is 5.91 Å². The number of nitrogens with zero attached hydrogens (tertiary/aromatic N) is 1. The molecule has 0 aliphatic rings. The van der Waals surface area contributed by atoms with E-state index in [1.54, 1.807) is 30.3 Å². The van der Waals surface area contributed by atoms with Crippen LogP contribution in [0.4, 0.5) is 5.69 Å². The van der Waals surface area contributed by atoms with Crippen LogP contribution in [0.25, 0.3) is 0 Å². The van der Waals surface area contributed by atoms with E-state index in [9.17, 15) is 4.79 Å². The number of carbonyl (C=O) groups is 1. The summed E-state index contributed by atoms with van der Waals surface area (Å²) in [6, 6.07) is 12.4. The normalized spacial score (nSPS) is 10.3. The lowest BCUT2D eigenvalue weighted by molar-refractivity contribution is 0.102. The van der Waals surface area contributed by atoms with Crippen LogP contribution in [0, 0.1) is 0 Å². The Labute approximate surface area is 159 Å². The Morgan fingerprint density at radius 3 is 2.44 bits per heavy atom. The van der Waals surface area contributed by atoms with Gasteiger partial charge in [-0.05, 0) is 50.0 Å². The van der Waals surface area contributed by atoms with Crippen molar-refractivity contribution in [3.05, 3.63) is 58.6 Å². The number of nitrogens with one attached hydrogen (secondary N) is 1. The molecule has 2 aromatic rings. The largest absolute Gasteiger partial charge is 0.491 e. The topological polar surface area (TPSA) is 67.6 Å². The number of anilines is 1. The van der Waals surface area contributed by atoms with Gasteiger partial charge in [-0.15, -0.1) is 12.4 Å². The smallest absolute Gasteiger partial charge is 0.255 e. The lowest BCUT2D eigenvalue weighted by Crippen LogP contribution is -2.19. The van der Waals surface area contributed by atoms with Gasteiger partial charge in [0.05, 0.1) is 5.02 Å². The van der Waals surface area contributed by atoms with Crippen LogP contribution in [0.1, 0.15) is 15.9 Å². The minimum absolute atomic E-state index is 0. The van der Waals surface area contributed by atoms with E-state index in [1.165, 1.54) is 0 Å². The quantitative estimate of drug-likeness (QED) is 0.768. The van der Waals surface area contributed by atoms with Gasteiger partial charge in [-0.1, -0.05) is 23.7 Å². The zero-order valence-corrected chi connectivity index (χ0v) is 15.9. The van der Waals surface area contributed by atoms with E-state index in [0.717, 1.165) is 12.1 Å². The number of hydrogen-bond acceptors (Lipinski definition) is 4. The fourth-order valence-corrected chi connectivity index (χ4v) is 2.26. The summed E-state index contributed by atoms with van der Waals surface area (Å²) in [6.07, 6.45) is 0. The van der Waals surface area contributed by atoms with Crippen molar-refractivity contribution in [1.29, 1.82) is 0 Å². The maximum atomic E-state index is 12.2. The fourth-order valence-electron chi connectivity index (χ4n) is 2.03. The van der Waals surface area contributed by atoms with Crippen LogP contribution in [0.3, 0.4) is 0 Å². The van der Waals surface area contributed by atoms with Crippen molar-refractivity contribution < 1.29 is 9.53 Å². The average molecular weight is 384 g/mol. The zero-order valence-electron chi connectivity index (χ0n) is 14.3. The monoisotopic (exact) mass is 383 g/mol. The number of carbonyl (C=O) groups excluding carboxylic acids is 1. The van der Waals surface area contributed by atoms with E-state index >= 15 is 0 Å². The second-order valence-electron chi connectivity index (χ2n) is 5.65. The summed E-state index contributed by atoms with van der Waals surface area (Å²) in [5, 5.41) is 3.28. The Morgan fingerprint density at radius 2 is 1.88 bits per heavy atom. The van der Waals surface area contributed by atoms with Gasteiger partial charge < -0.3 is 20.7 Å². The number of halogens is 2. The molecule has 0 aliphatic carbocycles. The molecule has 7 heteroatoms. The van der Waals surface area contributed by atoms with E-state index in [0.29, 0.717) is 35.2 Å². The molecule has 5 nitrogen and oxygen atoms in total. The molecule has 1 amide bonds. The molecule has 2 rings (SSSR count). The number of likely N-dealkylation sites (N-methyl/N-ethyl adjacent to an activating group) is 1. The van der Waals surface area contributed by atoms with Crippen LogP contribution in [-0.4, -0.2) is 38.1 Å². The first-order chi connectivity index (χ1) is 11.5. The molecule has 0 radical (unpaired) electrons. The van der Waals surface area contributed by atoms with Gasteiger partial charge in [-0.3, -0.25) is 4.79 Å². The predicted molar refractivity (Wildman–Crippen MR) is 105 cm³/mol. The Morgan fingerprint density at radius 1 is 1.20 bits per heavy atom. The number of ether oxygens (including phenoxy) is 1. The highest BCUT2D eigenvalue weighted by molar-refractivity contribution is 6.32. The van der Waals surface area contributed by atoms with Gasteiger partial charge in [-0.25, -0.2) is 0 Å². The minimum Gasteiger partial charge on any atom is -0.491 e. The molecule has 0 aromatic heterocycles. The lowest BCUT2D eigenvalue weighted by Gasteiger charge is -2.13. The summed E-state index contributed by atoms with van der Waals surface area (Å²) in [5.74, 6) is 0.403. The molecular formula is C18H23Cl2N3O2. The summed E-state index contributed by atoms with van der Waals surface area (Å²) in [4.78, 5) is 14.3. The van der Waals surface area contributed by atoms with Gasteiger partial charge in [0.2, 0.25) is 0 Å².